The van der Waals surface area contributed by atoms with Gasteiger partial charge in [-0.2, -0.15) is 0 Å². The highest BCUT2D eigenvalue weighted by atomic mass is 32.2. The molecule has 8 heteroatoms. The van der Waals surface area contributed by atoms with Gasteiger partial charge in [-0.15, -0.1) is 11.3 Å². The predicted molar refractivity (Wildman–Crippen MR) is 79.9 cm³/mol. The monoisotopic (exact) mass is 326 g/mol. The van der Waals surface area contributed by atoms with Crippen molar-refractivity contribution in [1.29, 1.82) is 0 Å². The lowest BCUT2D eigenvalue weighted by Gasteiger charge is -2.06. The molecule has 0 aliphatic rings. The molecule has 0 saturated carbocycles. The van der Waals surface area contributed by atoms with Crippen molar-refractivity contribution < 1.29 is 17.9 Å². The van der Waals surface area contributed by atoms with Gasteiger partial charge < -0.3 is 10.5 Å². The van der Waals surface area contributed by atoms with Gasteiger partial charge in [-0.05, 0) is 23.8 Å². The first-order valence-corrected chi connectivity index (χ1v) is 8.29. The number of methoxy groups -OCH3 is 1. The van der Waals surface area contributed by atoms with Crippen molar-refractivity contribution in [3.05, 3.63) is 46.2 Å². The number of amides is 1. The molecule has 1 aromatic heterocycles. The molecule has 1 aromatic carbocycles. The van der Waals surface area contributed by atoms with E-state index in [1.807, 2.05) is 0 Å². The number of rotatable bonds is 6. The molecule has 0 unspecified atom stereocenters. The van der Waals surface area contributed by atoms with Crippen molar-refractivity contribution in [2.45, 2.75) is 11.4 Å². The summed E-state index contributed by atoms with van der Waals surface area (Å²) in [6.45, 7) is 0.147. The largest absolute Gasteiger partial charge is 0.497 e. The summed E-state index contributed by atoms with van der Waals surface area (Å²) in [5, 5.41) is 1.39. The zero-order valence-corrected chi connectivity index (χ0v) is 12.8. The second kappa shape index (κ2) is 6.25. The molecular formula is C13H14N2O4S2. The number of nitrogens with one attached hydrogen (secondary N) is 1. The van der Waals surface area contributed by atoms with Crippen molar-refractivity contribution in [3.63, 3.8) is 0 Å². The van der Waals surface area contributed by atoms with Gasteiger partial charge in [0, 0.05) is 11.9 Å². The molecule has 0 aliphatic heterocycles. The highest BCUT2D eigenvalue weighted by Crippen LogP contribution is 2.19. The van der Waals surface area contributed by atoms with Crippen molar-refractivity contribution in [1.82, 2.24) is 4.72 Å². The molecule has 2 rings (SSSR count). The number of ether oxygens (including phenoxy) is 1. The van der Waals surface area contributed by atoms with Gasteiger partial charge in [-0.1, -0.05) is 12.1 Å². The normalized spacial score (nSPS) is 11.3. The summed E-state index contributed by atoms with van der Waals surface area (Å²) in [5.74, 6) is 0.0575. The number of benzene rings is 1. The number of carbonyl (C=O) groups is 1. The molecule has 0 fully saturated rings. The standard InChI is InChI=1S/C13H14N2O4S2/c1-19-10-4-2-9(3-5-10)7-15-21(17,18)11-6-12(13(14)16)20-8-11/h2-6,8,15H,7H2,1H3,(H2,14,16). The van der Waals surface area contributed by atoms with Crippen LogP contribution in [0.1, 0.15) is 15.2 Å². The van der Waals surface area contributed by atoms with Crippen LogP contribution in [-0.4, -0.2) is 21.4 Å². The van der Waals surface area contributed by atoms with E-state index in [1.165, 1.54) is 11.4 Å². The summed E-state index contributed by atoms with van der Waals surface area (Å²) in [6, 6.07) is 8.30. The van der Waals surface area contributed by atoms with E-state index in [-0.39, 0.29) is 16.3 Å². The average molecular weight is 326 g/mol. The third-order valence-corrected chi connectivity index (χ3v) is 5.23. The number of primary amides is 1. The van der Waals surface area contributed by atoms with Gasteiger partial charge in [-0.25, -0.2) is 13.1 Å². The molecule has 21 heavy (non-hydrogen) atoms. The predicted octanol–water partition coefficient (Wildman–Crippen LogP) is 1.33. The number of hydrogen-bond donors (Lipinski definition) is 2. The van der Waals surface area contributed by atoms with E-state index in [1.54, 1.807) is 31.4 Å². The molecule has 0 radical (unpaired) electrons. The van der Waals surface area contributed by atoms with Crippen LogP contribution >= 0.6 is 11.3 Å². The van der Waals surface area contributed by atoms with Crippen molar-refractivity contribution in [3.8, 4) is 5.75 Å². The van der Waals surface area contributed by atoms with E-state index in [4.69, 9.17) is 10.5 Å². The highest BCUT2D eigenvalue weighted by molar-refractivity contribution is 7.89. The Morgan fingerprint density at radius 1 is 1.33 bits per heavy atom. The fourth-order valence-electron chi connectivity index (χ4n) is 1.59. The molecule has 1 amide bonds. The number of thiophene rings is 1. The molecule has 3 N–H and O–H groups in total. The van der Waals surface area contributed by atoms with Gasteiger partial charge in [0.05, 0.1) is 16.9 Å². The van der Waals surface area contributed by atoms with Crippen LogP contribution in [0.25, 0.3) is 0 Å². The van der Waals surface area contributed by atoms with Gasteiger partial charge in [-0.3, -0.25) is 4.79 Å². The molecule has 0 atom stereocenters. The molecule has 0 saturated heterocycles. The van der Waals surface area contributed by atoms with E-state index in [0.29, 0.717) is 5.75 Å². The highest BCUT2D eigenvalue weighted by Gasteiger charge is 2.17. The molecule has 112 valence electrons. The average Bonchev–Trinajstić information content (AvgIpc) is 2.97. The minimum absolute atomic E-state index is 0.0369. The topological polar surface area (TPSA) is 98.5 Å². The van der Waals surface area contributed by atoms with Crippen molar-refractivity contribution >= 4 is 27.3 Å². The number of hydrogen-bond acceptors (Lipinski definition) is 5. The molecule has 6 nitrogen and oxygen atoms in total. The Labute approximate surface area is 126 Å². The van der Waals surface area contributed by atoms with Crippen LogP contribution in [0.4, 0.5) is 0 Å². The summed E-state index contributed by atoms with van der Waals surface area (Å²) >= 11 is 1.00. The first-order chi connectivity index (χ1) is 9.92. The lowest BCUT2D eigenvalue weighted by Crippen LogP contribution is -2.22. The second-order valence-corrected chi connectivity index (χ2v) is 6.86. The SMILES string of the molecule is COc1ccc(CNS(=O)(=O)c2csc(C(N)=O)c2)cc1. The Morgan fingerprint density at radius 3 is 2.52 bits per heavy atom. The van der Waals surface area contributed by atoms with Crippen LogP contribution in [0.5, 0.6) is 5.75 Å². The van der Waals surface area contributed by atoms with Crippen LogP contribution in [0.2, 0.25) is 0 Å². The van der Waals surface area contributed by atoms with Gasteiger partial charge in [0.1, 0.15) is 5.75 Å². The maximum Gasteiger partial charge on any atom is 0.258 e. The zero-order chi connectivity index (χ0) is 15.5. The van der Waals surface area contributed by atoms with Gasteiger partial charge >= 0.3 is 0 Å². The van der Waals surface area contributed by atoms with Gasteiger partial charge in [0.2, 0.25) is 10.0 Å². The van der Waals surface area contributed by atoms with Crippen molar-refractivity contribution in [2.75, 3.05) is 7.11 Å². The second-order valence-electron chi connectivity index (χ2n) is 4.18. The zero-order valence-electron chi connectivity index (χ0n) is 11.2. The smallest absolute Gasteiger partial charge is 0.258 e. The fraction of sp³-hybridized carbons (Fsp3) is 0.154. The Hall–Kier alpha value is -1.90. The molecule has 0 aliphatic carbocycles. The molecule has 2 aromatic rings. The first kappa shape index (κ1) is 15.5. The Kier molecular flexibility index (Phi) is 4.61. The van der Waals surface area contributed by atoms with E-state index in [9.17, 15) is 13.2 Å². The summed E-state index contributed by atoms with van der Waals surface area (Å²) < 4.78 is 31.7. The Balaban J connectivity index is 2.07. The van der Waals surface area contributed by atoms with E-state index < -0.39 is 15.9 Å². The third-order valence-electron chi connectivity index (χ3n) is 2.75. The van der Waals surface area contributed by atoms with Crippen LogP contribution in [-0.2, 0) is 16.6 Å². The lowest BCUT2D eigenvalue weighted by molar-refractivity contribution is 0.100. The fourth-order valence-corrected chi connectivity index (χ4v) is 3.74. The molecule has 0 bridgehead atoms. The minimum atomic E-state index is -3.67. The summed E-state index contributed by atoms with van der Waals surface area (Å²) in [7, 11) is -2.11. The third kappa shape index (κ3) is 3.81. The van der Waals surface area contributed by atoms with Crippen LogP contribution in [0, 0.1) is 0 Å². The summed E-state index contributed by atoms with van der Waals surface area (Å²) in [5.41, 5.74) is 5.90. The first-order valence-electron chi connectivity index (χ1n) is 5.93. The maximum atomic E-state index is 12.1. The summed E-state index contributed by atoms with van der Waals surface area (Å²) in [6.07, 6.45) is 0. The van der Waals surface area contributed by atoms with E-state index in [0.717, 1.165) is 16.9 Å². The quantitative estimate of drug-likeness (QED) is 0.836. The number of carbonyl (C=O) groups excluding carboxylic acids is 1. The van der Waals surface area contributed by atoms with Crippen LogP contribution < -0.4 is 15.2 Å². The van der Waals surface area contributed by atoms with Crippen LogP contribution in [0.15, 0.2) is 40.6 Å². The number of sulfonamides is 1. The van der Waals surface area contributed by atoms with E-state index in [2.05, 4.69) is 4.72 Å². The van der Waals surface area contributed by atoms with Gasteiger partial charge in [0.15, 0.2) is 0 Å². The minimum Gasteiger partial charge on any atom is -0.497 e. The lowest BCUT2D eigenvalue weighted by atomic mass is 10.2. The van der Waals surface area contributed by atoms with Crippen molar-refractivity contribution in [2.24, 2.45) is 5.73 Å². The Morgan fingerprint density at radius 2 is 2.00 bits per heavy atom. The molecular weight excluding hydrogens is 312 g/mol. The Bertz CT molecular complexity index is 736. The molecule has 1 heterocycles. The van der Waals surface area contributed by atoms with E-state index >= 15 is 0 Å². The van der Waals surface area contributed by atoms with Crippen LogP contribution in [0.3, 0.4) is 0 Å². The van der Waals surface area contributed by atoms with Gasteiger partial charge in [0.25, 0.3) is 5.91 Å². The summed E-state index contributed by atoms with van der Waals surface area (Å²) in [4.78, 5) is 11.2. The number of nitrogens with two attached hydrogens (primary N) is 1. The maximum absolute atomic E-state index is 12.1. The molecule has 0 spiro atoms.